The third-order valence-electron chi connectivity index (χ3n) is 1.42. The molecule has 13 heavy (non-hydrogen) atoms. The second kappa shape index (κ2) is 4.82. The maximum atomic E-state index is 10.5. The van der Waals surface area contributed by atoms with Crippen LogP contribution in [0.15, 0.2) is 18.2 Å². The molecule has 0 aliphatic carbocycles. The van der Waals surface area contributed by atoms with Crippen molar-refractivity contribution in [1.29, 1.82) is 0 Å². The number of rotatable bonds is 3. The number of halogens is 1. The molecule has 0 fully saturated rings. The van der Waals surface area contributed by atoms with Gasteiger partial charge in [-0.05, 0) is 12.1 Å². The molecule has 1 rings (SSSR count). The molecule has 1 aromatic heterocycles. The smallest absolute Gasteiger partial charge is 0.303 e. The number of ether oxygens (including phenoxy) is 1. The van der Waals surface area contributed by atoms with E-state index in [9.17, 15) is 4.79 Å². The van der Waals surface area contributed by atoms with Gasteiger partial charge in [-0.3, -0.25) is 9.78 Å². The summed E-state index contributed by atoms with van der Waals surface area (Å²) in [5, 5.41) is 0. The Kier molecular flexibility index (Phi) is 3.71. The van der Waals surface area contributed by atoms with Crippen molar-refractivity contribution in [2.45, 2.75) is 19.4 Å². The van der Waals surface area contributed by atoms with Gasteiger partial charge < -0.3 is 4.74 Å². The van der Waals surface area contributed by atoms with Gasteiger partial charge >= 0.3 is 5.97 Å². The van der Waals surface area contributed by atoms with Crippen LogP contribution in [0.2, 0.25) is 0 Å². The van der Waals surface area contributed by atoms with E-state index in [-0.39, 0.29) is 12.6 Å². The van der Waals surface area contributed by atoms with E-state index in [0.29, 0.717) is 11.6 Å². The first-order valence-corrected chi connectivity index (χ1v) is 4.40. The Morgan fingerprint density at radius 2 is 2.23 bits per heavy atom. The molecule has 0 saturated heterocycles. The van der Waals surface area contributed by atoms with Crippen LogP contribution in [0, 0.1) is 0 Å². The van der Waals surface area contributed by atoms with Crippen molar-refractivity contribution in [2.24, 2.45) is 0 Å². The molecule has 0 bridgehead atoms. The maximum Gasteiger partial charge on any atom is 0.303 e. The van der Waals surface area contributed by atoms with Gasteiger partial charge in [0.25, 0.3) is 0 Å². The monoisotopic (exact) mass is 199 g/mol. The second-order valence-corrected chi connectivity index (χ2v) is 2.80. The van der Waals surface area contributed by atoms with Gasteiger partial charge in [-0.15, -0.1) is 11.6 Å². The van der Waals surface area contributed by atoms with Gasteiger partial charge in [-0.2, -0.15) is 0 Å². The summed E-state index contributed by atoms with van der Waals surface area (Å²) in [6.45, 7) is 1.57. The summed E-state index contributed by atoms with van der Waals surface area (Å²) in [7, 11) is 0. The Bertz CT molecular complexity index is 301. The van der Waals surface area contributed by atoms with E-state index in [4.69, 9.17) is 16.3 Å². The molecule has 0 aromatic carbocycles. The molecule has 0 radical (unpaired) electrons. The fraction of sp³-hybridized carbons (Fsp3) is 0.333. The van der Waals surface area contributed by atoms with Gasteiger partial charge in [0.1, 0.15) is 6.61 Å². The number of hydrogen-bond donors (Lipinski definition) is 0. The van der Waals surface area contributed by atoms with E-state index < -0.39 is 0 Å². The van der Waals surface area contributed by atoms with Crippen LogP contribution in [0.5, 0.6) is 0 Å². The van der Waals surface area contributed by atoms with Crippen LogP contribution in [0.25, 0.3) is 0 Å². The summed E-state index contributed by atoms with van der Waals surface area (Å²) in [5.41, 5.74) is 1.50. The highest BCUT2D eigenvalue weighted by Gasteiger charge is 1.98. The summed E-state index contributed by atoms with van der Waals surface area (Å²) in [6.07, 6.45) is 0. The standard InChI is InChI=1S/C9H10ClNO2/c1-7(12)13-6-9-4-2-3-8(5-10)11-9/h2-4H,5-6H2,1H3. The average Bonchev–Trinajstić information content (AvgIpc) is 2.15. The van der Waals surface area contributed by atoms with Crippen molar-refractivity contribution >= 4 is 17.6 Å². The van der Waals surface area contributed by atoms with Crippen molar-refractivity contribution in [3.8, 4) is 0 Å². The predicted molar refractivity (Wildman–Crippen MR) is 49.3 cm³/mol. The first kappa shape index (κ1) is 9.99. The quantitative estimate of drug-likeness (QED) is 0.551. The summed E-state index contributed by atoms with van der Waals surface area (Å²) >= 11 is 5.59. The zero-order valence-corrected chi connectivity index (χ0v) is 8.04. The van der Waals surface area contributed by atoms with Crippen LogP contribution in [0.1, 0.15) is 18.3 Å². The van der Waals surface area contributed by atoms with E-state index in [0.717, 1.165) is 5.69 Å². The Hall–Kier alpha value is -1.09. The second-order valence-electron chi connectivity index (χ2n) is 2.53. The van der Waals surface area contributed by atoms with Gasteiger partial charge in [0.05, 0.1) is 17.3 Å². The SMILES string of the molecule is CC(=O)OCc1cccc(CCl)n1. The molecule has 0 N–H and O–H groups in total. The fourth-order valence-electron chi connectivity index (χ4n) is 0.860. The van der Waals surface area contributed by atoms with Crippen molar-refractivity contribution in [3.63, 3.8) is 0 Å². The molecule has 0 atom stereocenters. The first-order chi connectivity index (χ1) is 6.22. The zero-order valence-electron chi connectivity index (χ0n) is 7.29. The number of esters is 1. The molecule has 0 spiro atoms. The summed E-state index contributed by atoms with van der Waals surface area (Å²) in [6, 6.07) is 5.45. The molecule has 0 unspecified atom stereocenters. The highest BCUT2D eigenvalue weighted by atomic mass is 35.5. The van der Waals surface area contributed by atoms with E-state index in [1.807, 2.05) is 12.1 Å². The van der Waals surface area contributed by atoms with Crippen LogP contribution in [0.3, 0.4) is 0 Å². The topological polar surface area (TPSA) is 39.2 Å². The molecule has 0 aliphatic rings. The maximum absolute atomic E-state index is 10.5. The number of carbonyl (C=O) groups excluding carboxylic acids is 1. The van der Waals surface area contributed by atoms with E-state index in [2.05, 4.69) is 4.98 Å². The minimum Gasteiger partial charge on any atom is -0.459 e. The van der Waals surface area contributed by atoms with Crippen LogP contribution in [-0.4, -0.2) is 11.0 Å². The van der Waals surface area contributed by atoms with Crippen LogP contribution in [0.4, 0.5) is 0 Å². The average molecular weight is 200 g/mol. The molecule has 1 aromatic rings. The summed E-state index contributed by atoms with van der Waals surface area (Å²) < 4.78 is 4.78. The Balaban J connectivity index is 2.61. The van der Waals surface area contributed by atoms with Crippen molar-refractivity contribution in [2.75, 3.05) is 0 Å². The number of carbonyl (C=O) groups is 1. The lowest BCUT2D eigenvalue weighted by atomic mass is 10.3. The van der Waals surface area contributed by atoms with Gasteiger partial charge in [-0.25, -0.2) is 0 Å². The molecule has 0 aliphatic heterocycles. The normalized spacial score (nSPS) is 9.69. The van der Waals surface area contributed by atoms with Gasteiger partial charge in [0, 0.05) is 6.92 Å². The summed E-state index contributed by atoms with van der Waals surface area (Å²) in [5.74, 6) is 0.0616. The highest BCUT2D eigenvalue weighted by molar-refractivity contribution is 6.16. The van der Waals surface area contributed by atoms with Gasteiger partial charge in [0.15, 0.2) is 0 Å². The lowest BCUT2D eigenvalue weighted by molar-refractivity contribution is -0.142. The number of alkyl halides is 1. The Morgan fingerprint density at radius 1 is 1.54 bits per heavy atom. The van der Waals surface area contributed by atoms with E-state index >= 15 is 0 Å². The zero-order chi connectivity index (χ0) is 9.68. The third-order valence-corrected chi connectivity index (χ3v) is 1.70. The molecular weight excluding hydrogens is 190 g/mol. The van der Waals surface area contributed by atoms with Gasteiger partial charge in [0.2, 0.25) is 0 Å². The molecule has 4 heteroatoms. The van der Waals surface area contributed by atoms with Crippen molar-refractivity contribution in [1.82, 2.24) is 4.98 Å². The number of hydrogen-bond acceptors (Lipinski definition) is 3. The molecule has 1 heterocycles. The Morgan fingerprint density at radius 3 is 2.85 bits per heavy atom. The largest absolute Gasteiger partial charge is 0.459 e. The van der Waals surface area contributed by atoms with Crippen molar-refractivity contribution < 1.29 is 9.53 Å². The van der Waals surface area contributed by atoms with Gasteiger partial charge in [-0.1, -0.05) is 6.07 Å². The van der Waals surface area contributed by atoms with Crippen molar-refractivity contribution in [3.05, 3.63) is 29.6 Å². The predicted octanol–water partition coefficient (Wildman–Crippen LogP) is 1.88. The molecule has 70 valence electrons. The lowest BCUT2D eigenvalue weighted by Crippen LogP contribution is -2.01. The lowest BCUT2D eigenvalue weighted by Gasteiger charge is -2.02. The van der Waals surface area contributed by atoms with Crippen LogP contribution in [-0.2, 0) is 22.0 Å². The number of aromatic nitrogens is 1. The van der Waals surface area contributed by atoms with Crippen LogP contribution >= 0.6 is 11.6 Å². The Labute approximate surface area is 81.7 Å². The molecular formula is C9H10ClNO2. The third kappa shape index (κ3) is 3.42. The summed E-state index contributed by atoms with van der Waals surface area (Å²) in [4.78, 5) is 14.6. The first-order valence-electron chi connectivity index (χ1n) is 3.86. The molecule has 0 amide bonds. The van der Waals surface area contributed by atoms with Crippen LogP contribution < -0.4 is 0 Å². The van der Waals surface area contributed by atoms with E-state index in [1.54, 1.807) is 6.07 Å². The highest BCUT2D eigenvalue weighted by Crippen LogP contribution is 2.03. The minimum atomic E-state index is -0.307. The number of nitrogens with zero attached hydrogens (tertiary/aromatic N) is 1. The fourth-order valence-corrected chi connectivity index (χ4v) is 1.01. The van der Waals surface area contributed by atoms with E-state index in [1.165, 1.54) is 6.92 Å². The minimum absolute atomic E-state index is 0.208. The molecule has 0 saturated carbocycles. The molecule has 3 nitrogen and oxygen atoms in total. The number of pyridine rings is 1.